The zero-order valence-electron chi connectivity index (χ0n) is 9.39. The number of phenolic OH excluding ortho intramolecular Hbond substituents is 1. The molecule has 0 radical (unpaired) electrons. The molecule has 0 unspecified atom stereocenters. The first-order chi connectivity index (χ1) is 8.06. The largest absolute Gasteiger partial charge is 0.508 e. The van der Waals surface area contributed by atoms with E-state index in [9.17, 15) is 9.90 Å². The molecular formula is C11H11N3O2S. The number of nitrogens with one attached hydrogen (secondary N) is 1. The van der Waals surface area contributed by atoms with Gasteiger partial charge in [0, 0.05) is 17.1 Å². The van der Waals surface area contributed by atoms with Crippen molar-refractivity contribution in [1.82, 2.24) is 9.36 Å². The Kier molecular flexibility index (Phi) is 3.06. The molecule has 1 amide bonds. The third-order valence-electron chi connectivity index (χ3n) is 2.21. The van der Waals surface area contributed by atoms with Crippen LogP contribution in [0.25, 0.3) is 0 Å². The van der Waals surface area contributed by atoms with Crippen LogP contribution < -0.4 is 5.32 Å². The quantitative estimate of drug-likeness (QED) is 0.854. The summed E-state index contributed by atoms with van der Waals surface area (Å²) in [6.07, 6.45) is 0. The molecule has 17 heavy (non-hydrogen) atoms. The summed E-state index contributed by atoms with van der Waals surface area (Å²) < 4.78 is 3.97. The predicted octanol–water partition coefficient (Wildman–Crippen LogP) is 2.11. The zero-order chi connectivity index (χ0) is 12.4. The molecule has 2 aromatic rings. The molecule has 0 saturated carbocycles. The fourth-order valence-electron chi connectivity index (χ4n) is 1.31. The standard InChI is InChI=1S/C11H11N3O2S/c1-6-5-8(3-4-9(6)15)10(16)13-11-12-7(2)14-17-11/h3-5,15H,1-2H3,(H,12,13,14,16). The molecule has 0 spiro atoms. The number of aryl methyl sites for hydroxylation is 2. The molecule has 1 aromatic heterocycles. The fraction of sp³-hybridized carbons (Fsp3) is 0.182. The van der Waals surface area contributed by atoms with Crippen molar-refractivity contribution in [1.29, 1.82) is 0 Å². The van der Waals surface area contributed by atoms with Gasteiger partial charge >= 0.3 is 0 Å². The van der Waals surface area contributed by atoms with Crippen molar-refractivity contribution in [3.8, 4) is 5.75 Å². The number of anilines is 1. The second kappa shape index (κ2) is 4.50. The van der Waals surface area contributed by atoms with Crippen LogP contribution in [-0.2, 0) is 0 Å². The highest BCUT2D eigenvalue weighted by molar-refractivity contribution is 7.09. The van der Waals surface area contributed by atoms with Gasteiger partial charge in [-0.3, -0.25) is 10.1 Å². The molecule has 0 aliphatic carbocycles. The zero-order valence-corrected chi connectivity index (χ0v) is 10.2. The van der Waals surface area contributed by atoms with Gasteiger partial charge in [-0.1, -0.05) is 0 Å². The van der Waals surface area contributed by atoms with E-state index in [1.165, 1.54) is 6.07 Å². The average Bonchev–Trinajstić information content (AvgIpc) is 2.68. The number of amides is 1. The van der Waals surface area contributed by atoms with Crippen molar-refractivity contribution in [3.05, 3.63) is 35.2 Å². The normalized spacial score (nSPS) is 10.2. The van der Waals surface area contributed by atoms with Crippen LogP contribution in [0.1, 0.15) is 21.7 Å². The maximum Gasteiger partial charge on any atom is 0.257 e. The van der Waals surface area contributed by atoms with E-state index < -0.39 is 0 Å². The highest BCUT2D eigenvalue weighted by Gasteiger charge is 2.10. The summed E-state index contributed by atoms with van der Waals surface area (Å²) in [5.41, 5.74) is 1.14. The minimum atomic E-state index is -0.260. The Hall–Kier alpha value is -1.95. The lowest BCUT2D eigenvalue weighted by Gasteiger charge is -2.03. The van der Waals surface area contributed by atoms with E-state index >= 15 is 0 Å². The van der Waals surface area contributed by atoms with Gasteiger partial charge in [0.15, 0.2) is 0 Å². The summed E-state index contributed by atoms with van der Waals surface area (Å²) in [5, 5.41) is 12.5. The summed E-state index contributed by atoms with van der Waals surface area (Å²) in [5.74, 6) is 0.546. The van der Waals surface area contributed by atoms with Crippen LogP contribution in [0.5, 0.6) is 5.75 Å². The highest BCUT2D eigenvalue weighted by atomic mass is 32.1. The monoisotopic (exact) mass is 249 g/mol. The number of aromatic hydroxyl groups is 1. The summed E-state index contributed by atoms with van der Waals surface area (Å²) in [4.78, 5) is 15.9. The van der Waals surface area contributed by atoms with Gasteiger partial charge in [0.05, 0.1) is 0 Å². The summed E-state index contributed by atoms with van der Waals surface area (Å²) >= 11 is 1.14. The Balaban J connectivity index is 2.17. The topological polar surface area (TPSA) is 75.1 Å². The molecule has 0 saturated heterocycles. The number of hydrogen-bond donors (Lipinski definition) is 2. The van der Waals surface area contributed by atoms with E-state index in [0.29, 0.717) is 22.1 Å². The molecule has 1 aromatic carbocycles. The van der Waals surface area contributed by atoms with Gasteiger partial charge in [-0.15, -0.1) is 0 Å². The maximum atomic E-state index is 11.8. The van der Waals surface area contributed by atoms with Gasteiger partial charge < -0.3 is 5.11 Å². The molecule has 5 nitrogen and oxygen atoms in total. The molecule has 0 fully saturated rings. The van der Waals surface area contributed by atoms with Crippen molar-refractivity contribution in [3.63, 3.8) is 0 Å². The summed E-state index contributed by atoms with van der Waals surface area (Å²) in [7, 11) is 0. The minimum absolute atomic E-state index is 0.174. The first-order valence-corrected chi connectivity index (χ1v) is 5.75. The number of hydrogen-bond acceptors (Lipinski definition) is 5. The van der Waals surface area contributed by atoms with Crippen LogP contribution in [0.2, 0.25) is 0 Å². The molecule has 0 aliphatic heterocycles. The first-order valence-electron chi connectivity index (χ1n) is 4.97. The number of benzene rings is 1. The van der Waals surface area contributed by atoms with Crippen LogP contribution in [0, 0.1) is 13.8 Å². The van der Waals surface area contributed by atoms with E-state index in [0.717, 1.165) is 11.5 Å². The number of nitrogens with zero attached hydrogens (tertiary/aromatic N) is 2. The Labute approximate surface area is 102 Å². The van der Waals surface area contributed by atoms with Gasteiger partial charge in [-0.05, 0) is 37.6 Å². The van der Waals surface area contributed by atoms with E-state index in [2.05, 4.69) is 14.7 Å². The molecule has 2 N–H and O–H groups in total. The molecule has 0 atom stereocenters. The Morgan fingerprint density at radius 3 is 2.76 bits per heavy atom. The molecule has 2 rings (SSSR count). The smallest absolute Gasteiger partial charge is 0.257 e. The van der Waals surface area contributed by atoms with Gasteiger partial charge in [-0.2, -0.15) is 4.37 Å². The number of rotatable bonds is 2. The third-order valence-corrected chi connectivity index (χ3v) is 2.93. The van der Waals surface area contributed by atoms with Crippen LogP contribution in [-0.4, -0.2) is 20.4 Å². The minimum Gasteiger partial charge on any atom is -0.508 e. The van der Waals surface area contributed by atoms with Crippen molar-refractivity contribution < 1.29 is 9.90 Å². The van der Waals surface area contributed by atoms with Crippen molar-refractivity contribution in [2.75, 3.05) is 5.32 Å². The van der Waals surface area contributed by atoms with Crippen molar-refractivity contribution >= 4 is 22.6 Å². The van der Waals surface area contributed by atoms with Crippen molar-refractivity contribution in [2.45, 2.75) is 13.8 Å². The van der Waals surface area contributed by atoms with Crippen LogP contribution in [0.4, 0.5) is 5.13 Å². The van der Waals surface area contributed by atoms with Gasteiger partial charge in [0.25, 0.3) is 5.91 Å². The predicted molar refractivity (Wildman–Crippen MR) is 65.4 cm³/mol. The third kappa shape index (κ3) is 2.59. The van der Waals surface area contributed by atoms with E-state index in [4.69, 9.17) is 0 Å². The highest BCUT2D eigenvalue weighted by Crippen LogP contribution is 2.18. The number of carbonyl (C=O) groups excluding carboxylic acids is 1. The number of carbonyl (C=O) groups is 1. The van der Waals surface area contributed by atoms with Gasteiger partial charge in [0.1, 0.15) is 11.6 Å². The fourth-order valence-corrected chi connectivity index (χ4v) is 1.88. The van der Waals surface area contributed by atoms with Gasteiger partial charge in [0.2, 0.25) is 5.13 Å². The van der Waals surface area contributed by atoms with E-state index in [1.54, 1.807) is 26.0 Å². The number of phenols is 1. The van der Waals surface area contributed by atoms with E-state index in [1.807, 2.05) is 0 Å². The Morgan fingerprint density at radius 1 is 1.41 bits per heavy atom. The van der Waals surface area contributed by atoms with Crippen LogP contribution >= 0.6 is 11.5 Å². The SMILES string of the molecule is Cc1nsc(NC(=O)c2ccc(O)c(C)c2)n1. The lowest BCUT2D eigenvalue weighted by Crippen LogP contribution is -2.11. The molecular weight excluding hydrogens is 238 g/mol. The summed E-state index contributed by atoms with van der Waals surface area (Å²) in [6, 6.07) is 4.68. The Morgan fingerprint density at radius 2 is 2.18 bits per heavy atom. The van der Waals surface area contributed by atoms with Crippen LogP contribution in [0.15, 0.2) is 18.2 Å². The van der Waals surface area contributed by atoms with Crippen molar-refractivity contribution in [2.24, 2.45) is 0 Å². The molecule has 0 aliphatic rings. The molecule has 0 bridgehead atoms. The average molecular weight is 249 g/mol. The second-order valence-corrected chi connectivity index (χ2v) is 4.35. The van der Waals surface area contributed by atoms with E-state index in [-0.39, 0.29) is 11.7 Å². The van der Waals surface area contributed by atoms with Crippen LogP contribution in [0.3, 0.4) is 0 Å². The number of aromatic nitrogens is 2. The summed E-state index contributed by atoms with van der Waals surface area (Å²) in [6.45, 7) is 3.50. The lowest BCUT2D eigenvalue weighted by atomic mass is 10.1. The molecule has 88 valence electrons. The lowest BCUT2D eigenvalue weighted by molar-refractivity contribution is 0.102. The second-order valence-electron chi connectivity index (χ2n) is 3.60. The maximum absolute atomic E-state index is 11.8. The molecule has 1 heterocycles. The van der Waals surface area contributed by atoms with Gasteiger partial charge in [-0.25, -0.2) is 4.98 Å². The Bertz CT molecular complexity index is 566. The first kappa shape index (κ1) is 11.5. The molecule has 6 heteroatoms.